The second-order valence-corrected chi connectivity index (χ2v) is 8.96. The third-order valence-electron chi connectivity index (χ3n) is 4.74. The van der Waals surface area contributed by atoms with E-state index in [1.807, 2.05) is 59.3 Å². The number of nitrogens with zero attached hydrogens (tertiary/aromatic N) is 3. The van der Waals surface area contributed by atoms with Gasteiger partial charge in [0.2, 0.25) is 5.91 Å². The van der Waals surface area contributed by atoms with E-state index in [4.69, 9.17) is 0 Å². The van der Waals surface area contributed by atoms with Gasteiger partial charge in [-0.2, -0.15) is 0 Å². The fraction of sp³-hybridized carbons (Fsp3) is 0.350. The lowest BCUT2D eigenvalue weighted by atomic mass is 10.2. The van der Waals surface area contributed by atoms with E-state index < -0.39 is 0 Å². The summed E-state index contributed by atoms with van der Waals surface area (Å²) in [7, 11) is 0. The number of para-hydroxylation sites is 1. The molecule has 27 heavy (non-hydrogen) atoms. The predicted octanol–water partition coefficient (Wildman–Crippen LogP) is 4.54. The summed E-state index contributed by atoms with van der Waals surface area (Å²) in [5.74, 6) is 0.884. The van der Waals surface area contributed by atoms with Crippen molar-refractivity contribution in [2.24, 2.45) is 0 Å². The van der Waals surface area contributed by atoms with Crippen LogP contribution in [0.25, 0.3) is 16.4 Å². The molecular formula is C20H22N4OS2. The second kappa shape index (κ2) is 8.27. The zero-order chi connectivity index (χ0) is 18.6. The van der Waals surface area contributed by atoms with Gasteiger partial charge in [0.25, 0.3) is 0 Å². The molecule has 2 aromatic heterocycles. The number of carbonyl (C=O) groups is 1. The minimum Gasteiger partial charge on any atom is -0.352 e. The summed E-state index contributed by atoms with van der Waals surface area (Å²) in [6.07, 6.45) is 4.59. The first kappa shape index (κ1) is 18.3. The molecule has 1 N–H and O–H groups in total. The van der Waals surface area contributed by atoms with E-state index >= 15 is 0 Å². The van der Waals surface area contributed by atoms with Gasteiger partial charge >= 0.3 is 0 Å². The maximum atomic E-state index is 12.6. The number of benzene rings is 1. The molecule has 0 saturated heterocycles. The summed E-state index contributed by atoms with van der Waals surface area (Å²) >= 11 is 3.09. The average Bonchev–Trinajstić information content (AvgIpc) is 3.44. The Balaban J connectivity index is 1.59. The van der Waals surface area contributed by atoms with E-state index in [-0.39, 0.29) is 11.2 Å². The maximum Gasteiger partial charge on any atom is 0.233 e. The lowest BCUT2D eigenvalue weighted by Gasteiger charge is -2.16. The third-order valence-corrected chi connectivity index (χ3v) is 6.65. The standard InChI is InChI=1S/C20H22N4OS2/c1-14(19(25)21-15-8-5-6-9-15)27-20-23-22-18(17-12-7-13-26-17)24(20)16-10-3-2-4-11-16/h2-4,7,10-15H,5-6,8-9H2,1H3,(H,21,25). The molecular weight excluding hydrogens is 376 g/mol. The second-order valence-electron chi connectivity index (χ2n) is 6.70. The number of nitrogens with one attached hydrogen (secondary N) is 1. The zero-order valence-electron chi connectivity index (χ0n) is 15.2. The number of thioether (sulfide) groups is 1. The first-order valence-corrected chi connectivity index (χ1v) is 11.0. The van der Waals surface area contributed by atoms with Crippen molar-refractivity contribution in [3.63, 3.8) is 0 Å². The number of aromatic nitrogens is 3. The molecule has 1 aliphatic carbocycles. The van der Waals surface area contributed by atoms with Crippen LogP contribution in [-0.2, 0) is 4.79 Å². The highest BCUT2D eigenvalue weighted by molar-refractivity contribution is 8.00. The Morgan fingerprint density at radius 3 is 2.67 bits per heavy atom. The van der Waals surface area contributed by atoms with Crippen molar-refractivity contribution in [2.75, 3.05) is 0 Å². The van der Waals surface area contributed by atoms with Crippen LogP contribution in [0.3, 0.4) is 0 Å². The molecule has 0 aliphatic heterocycles. The lowest BCUT2D eigenvalue weighted by molar-refractivity contribution is -0.120. The van der Waals surface area contributed by atoms with Crippen LogP contribution in [0.2, 0.25) is 0 Å². The molecule has 1 saturated carbocycles. The van der Waals surface area contributed by atoms with Gasteiger partial charge in [0.05, 0.1) is 10.1 Å². The topological polar surface area (TPSA) is 59.8 Å². The summed E-state index contributed by atoms with van der Waals surface area (Å²) in [4.78, 5) is 13.7. The minimum absolute atomic E-state index is 0.0761. The van der Waals surface area contributed by atoms with Crippen molar-refractivity contribution in [2.45, 2.75) is 49.1 Å². The van der Waals surface area contributed by atoms with Gasteiger partial charge in [-0.05, 0) is 43.3 Å². The van der Waals surface area contributed by atoms with Crippen LogP contribution in [-0.4, -0.2) is 32.0 Å². The first-order chi connectivity index (χ1) is 13.2. The normalized spacial score (nSPS) is 15.7. The third kappa shape index (κ3) is 4.09. The number of amides is 1. The molecule has 1 amide bonds. The summed E-state index contributed by atoms with van der Waals surface area (Å²) in [5, 5.41) is 14.5. The lowest BCUT2D eigenvalue weighted by Crippen LogP contribution is -2.37. The van der Waals surface area contributed by atoms with Crippen molar-refractivity contribution < 1.29 is 4.79 Å². The van der Waals surface area contributed by atoms with E-state index in [1.54, 1.807) is 11.3 Å². The van der Waals surface area contributed by atoms with E-state index in [0.29, 0.717) is 6.04 Å². The predicted molar refractivity (Wildman–Crippen MR) is 110 cm³/mol. The van der Waals surface area contributed by atoms with Crippen LogP contribution in [0.4, 0.5) is 0 Å². The van der Waals surface area contributed by atoms with Gasteiger partial charge in [-0.25, -0.2) is 0 Å². The quantitative estimate of drug-likeness (QED) is 0.620. The van der Waals surface area contributed by atoms with Gasteiger partial charge in [0.1, 0.15) is 0 Å². The molecule has 2 heterocycles. The molecule has 0 spiro atoms. The molecule has 140 valence electrons. The van der Waals surface area contributed by atoms with E-state index in [2.05, 4.69) is 15.5 Å². The molecule has 0 radical (unpaired) electrons. The van der Waals surface area contributed by atoms with Crippen LogP contribution in [0.5, 0.6) is 0 Å². The molecule has 0 bridgehead atoms. The SMILES string of the molecule is CC(Sc1nnc(-c2cccs2)n1-c1ccccc1)C(=O)NC1CCCC1. The summed E-state index contributed by atoms with van der Waals surface area (Å²) in [5.41, 5.74) is 0.997. The van der Waals surface area contributed by atoms with E-state index in [0.717, 1.165) is 34.4 Å². The smallest absolute Gasteiger partial charge is 0.233 e. The highest BCUT2D eigenvalue weighted by Gasteiger charge is 2.24. The first-order valence-electron chi connectivity index (χ1n) is 9.24. The Hall–Kier alpha value is -2.12. The van der Waals surface area contributed by atoms with Gasteiger partial charge in [0, 0.05) is 11.7 Å². The fourth-order valence-corrected chi connectivity index (χ4v) is 4.90. The zero-order valence-corrected chi connectivity index (χ0v) is 16.8. The molecule has 1 atom stereocenters. The summed E-state index contributed by atoms with van der Waals surface area (Å²) in [6.45, 7) is 1.93. The van der Waals surface area contributed by atoms with Crippen LogP contribution in [0, 0.1) is 0 Å². The highest BCUT2D eigenvalue weighted by Crippen LogP contribution is 2.32. The maximum absolute atomic E-state index is 12.6. The van der Waals surface area contributed by atoms with Gasteiger partial charge in [-0.3, -0.25) is 9.36 Å². The summed E-state index contributed by atoms with van der Waals surface area (Å²) < 4.78 is 2.04. The Morgan fingerprint density at radius 2 is 1.96 bits per heavy atom. The molecule has 1 aromatic carbocycles. The Labute approximate surface area is 167 Å². The number of hydrogen-bond acceptors (Lipinski definition) is 5. The Kier molecular flexibility index (Phi) is 5.59. The van der Waals surface area contributed by atoms with Crippen molar-refractivity contribution in [1.82, 2.24) is 20.1 Å². The summed E-state index contributed by atoms with van der Waals surface area (Å²) in [6, 6.07) is 14.4. The minimum atomic E-state index is -0.228. The Morgan fingerprint density at radius 1 is 1.19 bits per heavy atom. The van der Waals surface area contributed by atoms with Crippen LogP contribution in [0.1, 0.15) is 32.6 Å². The Bertz CT molecular complexity index is 886. The largest absolute Gasteiger partial charge is 0.352 e. The van der Waals surface area contributed by atoms with Crippen molar-refractivity contribution in [3.8, 4) is 16.4 Å². The van der Waals surface area contributed by atoms with Crippen molar-refractivity contribution in [1.29, 1.82) is 0 Å². The van der Waals surface area contributed by atoms with Crippen LogP contribution in [0.15, 0.2) is 53.0 Å². The number of thiophene rings is 1. The number of hydrogen-bond donors (Lipinski definition) is 1. The molecule has 7 heteroatoms. The molecule has 5 nitrogen and oxygen atoms in total. The van der Waals surface area contributed by atoms with Crippen LogP contribution >= 0.6 is 23.1 Å². The highest BCUT2D eigenvalue weighted by atomic mass is 32.2. The van der Waals surface area contributed by atoms with E-state index in [1.165, 1.54) is 24.6 Å². The van der Waals surface area contributed by atoms with Crippen molar-refractivity contribution >= 4 is 29.0 Å². The van der Waals surface area contributed by atoms with Crippen molar-refractivity contribution in [3.05, 3.63) is 47.8 Å². The average molecular weight is 399 g/mol. The van der Waals surface area contributed by atoms with Gasteiger partial charge in [-0.1, -0.05) is 48.9 Å². The van der Waals surface area contributed by atoms with Crippen LogP contribution < -0.4 is 5.32 Å². The molecule has 4 rings (SSSR count). The molecule has 1 aliphatic rings. The molecule has 1 unspecified atom stereocenters. The molecule has 3 aromatic rings. The fourth-order valence-electron chi connectivity index (χ4n) is 3.32. The van der Waals surface area contributed by atoms with E-state index in [9.17, 15) is 4.79 Å². The number of carbonyl (C=O) groups excluding carboxylic acids is 1. The van der Waals surface area contributed by atoms with Gasteiger partial charge in [0.15, 0.2) is 11.0 Å². The molecule has 1 fully saturated rings. The number of rotatable bonds is 6. The van der Waals surface area contributed by atoms with Gasteiger partial charge < -0.3 is 5.32 Å². The monoisotopic (exact) mass is 398 g/mol. The van der Waals surface area contributed by atoms with Gasteiger partial charge in [-0.15, -0.1) is 21.5 Å².